The summed E-state index contributed by atoms with van der Waals surface area (Å²) in [7, 11) is 0. The molecule has 1 aliphatic rings. The number of hydrogen-bond acceptors (Lipinski definition) is 4. The highest BCUT2D eigenvalue weighted by Gasteiger charge is 2.15. The van der Waals surface area contributed by atoms with E-state index < -0.39 is 0 Å². The van der Waals surface area contributed by atoms with Crippen LogP contribution in [0, 0.1) is 0 Å². The maximum absolute atomic E-state index is 12.2. The van der Waals surface area contributed by atoms with Crippen molar-refractivity contribution in [3.8, 4) is 5.75 Å². The Morgan fingerprint density at radius 1 is 0.975 bits per heavy atom. The average molecular weight is 535 g/mol. The highest BCUT2D eigenvalue weighted by atomic mass is 16.5. The second-order valence-electron chi connectivity index (χ2n) is 10.1. The number of hydrogen-bond donors (Lipinski definition) is 2. The van der Waals surface area contributed by atoms with E-state index >= 15 is 0 Å². The van der Waals surface area contributed by atoms with Crippen molar-refractivity contribution >= 4 is 28.0 Å². The fourth-order valence-electron chi connectivity index (χ4n) is 5.30. The first-order valence-electron chi connectivity index (χ1n) is 14.3. The summed E-state index contributed by atoms with van der Waals surface area (Å²) in [6, 6.07) is 25.4. The molecule has 2 N–H and O–H groups in total. The van der Waals surface area contributed by atoms with Crippen molar-refractivity contribution in [3.05, 3.63) is 108 Å². The van der Waals surface area contributed by atoms with Crippen molar-refractivity contribution in [1.29, 1.82) is 0 Å². The van der Waals surface area contributed by atoms with E-state index in [-0.39, 0.29) is 5.91 Å². The van der Waals surface area contributed by atoms with Crippen LogP contribution in [0.5, 0.6) is 5.75 Å². The average Bonchev–Trinajstić information content (AvgIpc) is 3.49. The van der Waals surface area contributed by atoms with Gasteiger partial charge in [-0.25, -0.2) is 0 Å². The first-order valence-corrected chi connectivity index (χ1v) is 14.3. The summed E-state index contributed by atoms with van der Waals surface area (Å²) < 4.78 is 6.00. The Morgan fingerprint density at radius 3 is 2.52 bits per heavy atom. The minimum absolute atomic E-state index is 0.120. The molecule has 0 bridgehead atoms. The molecule has 6 heteroatoms. The van der Waals surface area contributed by atoms with E-state index in [4.69, 9.17) is 4.74 Å². The minimum Gasteiger partial charge on any atom is -0.492 e. The van der Waals surface area contributed by atoms with Crippen LogP contribution >= 0.6 is 0 Å². The number of likely N-dealkylation sites (tertiary alicyclic amines) is 1. The first kappa shape index (κ1) is 27.4. The number of ether oxygens (including phenoxy) is 1. The third-order valence-electron chi connectivity index (χ3n) is 7.39. The number of H-pyrrole nitrogens is 1. The highest BCUT2D eigenvalue weighted by Crippen LogP contribution is 2.36. The van der Waals surface area contributed by atoms with Crippen LogP contribution < -0.4 is 10.1 Å². The monoisotopic (exact) mass is 534 g/mol. The Morgan fingerprint density at radius 2 is 1.75 bits per heavy atom. The number of amides is 1. The Hall–Kier alpha value is -4.16. The van der Waals surface area contributed by atoms with Gasteiger partial charge in [-0.3, -0.25) is 9.89 Å². The van der Waals surface area contributed by atoms with Gasteiger partial charge in [0.2, 0.25) is 5.91 Å². The van der Waals surface area contributed by atoms with Gasteiger partial charge in [0.25, 0.3) is 0 Å². The molecular weight excluding hydrogens is 496 g/mol. The molecule has 0 unspecified atom stereocenters. The summed E-state index contributed by atoms with van der Waals surface area (Å²) in [5.74, 6) is 0.957. The number of nitrogens with zero attached hydrogens (tertiary/aromatic N) is 2. The van der Waals surface area contributed by atoms with Gasteiger partial charge in [0.1, 0.15) is 12.4 Å². The molecule has 206 valence electrons. The van der Waals surface area contributed by atoms with Gasteiger partial charge >= 0.3 is 0 Å². The van der Waals surface area contributed by atoms with Crippen LogP contribution in [0.1, 0.15) is 49.3 Å². The Kier molecular flexibility index (Phi) is 9.43. The van der Waals surface area contributed by atoms with E-state index in [1.165, 1.54) is 28.7 Å². The lowest BCUT2D eigenvalue weighted by molar-refractivity contribution is -0.126. The highest BCUT2D eigenvalue weighted by molar-refractivity contribution is 6.00. The molecule has 2 heterocycles. The third kappa shape index (κ3) is 6.88. The van der Waals surface area contributed by atoms with Crippen LogP contribution in [-0.4, -0.2) is 53.8 Å². The van der Waals surface area contributed by atoms with E-state index in [1.54, 1.807) is 6.08 Å². The van der Waals surface area contributed by atoms with Crippen molar-refractivity contribution in [2.75, 3.05) is 32.8 Å². The molecule has 1 fully saturated rings. The fourth-order valence-corrected chi connectivity index (χ4v) is 5.30. The SMILES string of the molecule is CCC(=C(c1ccc(OCCNCC=CC(=O)N2CCCCC2)cc1)c1ccc2[nH]ncc2c1)c1ccccc1. The van der Waals surface area contributed by atoms with Crippen molar-refractivity contribution in [2.45, 2.75) is 32.6 Å². The number of piperidine rings is 1. The lowest BCUT2D eigenvalue weighted by atomic mass is 9.88. The largest absolute Gasteiger partial charge is 0.492 e. The van der Waals surface area contributed by atoms with E-state index in [0.717, 1.165) is 54.6 Å². The zero-order valence-electron chi connectivity index (χ0n) is 23.2. The molecule has 0 aliphatic carbocycles. The second-order valence-corrected chi connectivity index (χ2v) is 10.1. The lowest BCUT2D eigenvalue weighted by Gasteiger charge is -2.25. The Labute approximate surface area is 236 Å². The molecule has 40 heavy (non-hydrogen) atoms. The normalized spacial score (nSPS) is 14.5. The fraction of sp³-hybridized carbons (Fsp3) is 0.294. The van der Waals surface area contributed by atoms with Crippen molar-refractivity contribution in [2.24, 2.45) is 0 Å². The number of aromatic nitrogens is 2. The summed E-state index contributed by atoms with van der Waals surface area (Å²) >= 11 is 0. The maximum Gasteiger partial charge on any atom is 0.246 e. The topological polar surface area (TPSA) is 70.2 Å². The first-order chi connectivity index (χ1) is 19.7. The Bertz CT molecular complexity index is 1450. The molecule has 1 saturated heterocycles. The van der Waals surface area contributed by atoms with Crippen LogP contribution in [-0.2, 0) is 4.79 Å². The number of aromatic amines is 1. The molecule has 3 aromatic carbocycles. The lowest BCUT2D eigenvalue weighted by Crippen LogP contribution is -2.34. The van der Waals surface area contributed by atoms with Gasteiger partial charge in [-0.1, -0.05) is 61.5 Å². The summed E-state index contributed by atoms with van der Waals surface area (Å²) in [5.41, 5.74) is 7.09. The molecule has 0 saturated carbocycles. The maximum atomic E-state index is 12.2. The van der Waals surface area contributed by atoms with Crippen LogP contribution in [0.15, 0.2) is 91.1 Å². The Balaban J connectivity index is 1.23. The van der Waals surface area contributed by atoms with Gasteiger partial charge in [0.15, 0.2) is 0 Å². The van der Waals surface area contributed by atoms with Crippen LogP contribution in [0.2, 0.25) is 0 Å². The number of fused-ring (bicyclic) bond motifs is 1. The zero-order valence-corrected chi connectivity index (χ0v) is 23.2. The number of carbonyl (C=O) groups is 1. The minimum atomic E-state index is 0.120. The number of benzene rings is 3. The van der Waals surface area contributed by atoms with Crippen LogP contribution in [0.25, 0.3) is 22.0 Å². The van der Waals surface area contributed by atoms with Crippen molar-refractivity contribution in [3.63, 3.8) is 0 Å². The van der Waals surface area contributed by atoms with E-state index in [9.17, 15) is 4.79 Å². The zero-order chi connectivity index (χ0) is 27.6. The number of carbonyl (C=O) groups excluding carboxylic acids is 1. The second kappa shape index (κ2) is 13.8. The third-order valence-corrected chi connectivity index (χ3v) is 7.39. The summed E-state index contributed by atoms with van der Waals surface area (Å²) in [6.07, 6.45) is 9.82. The molecule has 4 aromatic rings. The summed E-state index contributed by atoms with van der Waals surface area (Å²) in [5, 5.41) is 11.7. The van der Waals surface area contributed by atoms with Gasteiger partial charge in [0.05, 0.1) is 11.7 Å². The van der Waals surface area contributed by atoms with E-state index in [0.29, 0.717) is 19.7 Å². The molecule has 1 amide bonds. The molecule has 0 atom stereocenters. The van der Waals surface area contributed by atoms with Gasteiger partial charge < -0.3 is 15.0 Å². The van der Waals surface area contributed by atoms with Gasteiger partial charge in [-0.05, 0) is 77.8 Å². The smallest absolute Gasteiger partial charge is 0.246 e. The molecule has 0 radical (unpaired) electrons. The molecule has 1 aliphatic heterocycles. The quantitative estimate of drug-likeness (QED) is 0.131. The number of rotatable bonds is 11. The number of allylic oxidation sites excluding steroid dienone is 1. The van der Waals surface area contributed by atoms with Gasteiger partial charge in [-0.15, -0.1) is 0 Å². The molecular formula is C34H38N4O2. The number of nitrogens with one attached hydrogen (secondary N) is 2. The van der Waals surface area contributed by atoms with Crippen LogP contribution in [0.4, 0.5) is 0 Å². The van der Waals surface area contributed by atoms with Crippen molar-refractivity contribution < 1.29 is 9.53 Å². The molecule has 5 rings (SSSR count). The predicted molar refractivity (Wildman–Crippen MR) is 163 cm³/mol. The van der Waals surface area contributed by atoms with E-state index in [2.05, 4.69) is 83.1 Å². The van der Waals surface area contributed by atoms with Crippen molar-refractivity contribution in [1.82, 2.24) is 20.4 Å². The molecule has 0 spiro atoms. The van der Waals surface area contributed by atoms with Gasteiger partial charge in [-0.2, -0.15) is 5.10 Å². The van der Waals surface area contributed by atoms with Gasteiger partial charge in [0, 0.05) is 37.6 Å². The van der Waals surface area contributed by atoms with E-state index in [1.807, 2.05) is 29.3 Å². The predicted octanol–water partition coefficient (Wildman–Crippen LogP) is 6.47. The molecule has 6 nitrogen and oxygen atoms in total. The van der Waals surface area contributed by atoms with Crippen LogP contribution in [0.3, 0.4) is 0 Å². The summed E-state index contributed by atoms with van der Waals surface area (Å²) in [4.78, 5) is 14.1. The summed E-state index contributed by atoms with van der Waals surface area (Å²) in [6.45, 7) is 5.88. The molecule has 1 aromatic heterocycles. The standard InChI is InChI=1S/C34H38N4O2/c1-2-31(26-10-5-3-6-11-26)34(28-15-18-32-29(24-28)25-36-37-32)27-13-16-30(17-14-27)40-23-20-35-19-9-12-33(39)38-21-7-4-8-22-38/h3,5-6,9-18,24-25,35H,2,4,7-8,19-23H2,1H3,(H,36,37).